The second-order valence-electron chi connectivity index (χ2n) is 7.23. The molecule has 2 aliphatic rings. The Morgan fingerprint density at radius 3 is 2.57 bits per heavy atom. The molecule has 2 saturated heterocycles. The summed E-state index contributed by atoms with van der Waals surface area (Å²) in [5, 5.41) is 7.12. The molecule has 30 heavy (non-hydrogen) atoms. The van der Waals surface area contributed by atoms with Crippen LogP contribution in [-0.2, 0) is 14.3 Å². The Balaban J connectivity index is 0.000000396. The van der Waals surface area contributed by atoms with Gasteiger partial charge in [0.2, 0.25) is 0 Å². The molecule has 2 aliphatic heterocycles. The highest BCUT2D eigenvalue weighted by Crippen LogP contribution is 2.26. The molecule has 0 aliphatic carbocycles. The number of halogens is 3. The van der Waals surface area contributed by atoms with Gasteiger partial charge in [0.25, 0.3) is 0 Å². The van der Waals surface area contributed by atoms with Gasteiger partial charge in [-0.05, 0) is 31.7 Å². The number of hydrogen-bond acceptors (Lipinski definition) is 7. The SMILES string of the molecule is CCN(C)c1ccnc(C2COCCN2CC2CCOCC2)n1.O=C(O)C(F)(F)F. The Bertz CT molecular complexity index is 671. The Morgan fingerprint density at radius 2 is 1.97 bits per heavy atom. The summed E-state index contributed by atoms with van der Waals surface area (Å²) in [6, 6.07) is 2.14. The van der Waals surface area contributed by atoms with Gasteiger partial charge in [-0.2, -0.15) is 13.2 Å². The van der Waals surface area contributed by atoms with E-state index in [0.717, 1.165) is 63.9 Å². The normalized spacial score (nSPS) is 20.9. The van der Waals surface area contributed by atoms with Crippen LogP contribution in [0.4, 0.5) is 19.0 Å². The summed E-state index contributed by atoms with van der Waals surface area (Å²) in [7, 11) is 2.06. The number of carboxylic acids is 1. The van der Waals surface area contributed by atoms with Crippen molar-refractivity contribution in [2.45, 2.75) is 32.0 Å². The summed E-state index contributed by atoms with van der Waals surface area (Å²) < 4.78 is 42.9. The van der Waals surface area contributed by atoms with Gasteiger partial charge in [-0.1, -0.05) is 0 Å². The van der Waals surface area contributed by atoms with Crippen molar-refractivity contribution in [1.29, 1.82) is 0 Å². The number of nitrogens with zero attached hydrogens (tertiary/aromatic N) is 4. The zero-order valence-electron chi connectivity index (χ0n) is 17.3. The van der Waals surface area contributed by atoms with E-state index in [-0.39, 0.29) is 6.04 Å². The monoisotopic (exact) mass is 434 g/mol. The molecule has 0 bridgehead atoms. The molecule has 170 valence electrons. The number of aliphatic carboxylic acids is 1. The predicted octanol–water partition coefficient (Wildman–Crippen LogP) is 2.37. The van der Waals surface area contributed by atoms with Crippen molar-refractivity contribution in [1.82, 2.24) is 14.9 Å². The molecule has 11 heteroatoms. The van der Waals surface area contributed by atoms with E-state index in [1.807, 2.05) is 12.3 Å². The maximum Gasteiger partial charge on any atom is 0.490 e. The topological polar surface area (TPSA) is 88.0 Å². The fraction of sp³-hybridized carbons (Fsp3) is 0.737. The number of carboxylic acid groups (broad SMARTS) is 1. The molecule has 3 rings (SSSR count). The number of carbonyl (C=O) groups is 1. The highest BCUT2D eigenvalue weighted by atomic mass is 19.4. The molecular formula is C19H29F3N4O4. The minimum absolute atomic E-state index is 0.164. The van der Waals surface area contributed by atoms with Gasteiger partial charge >= 0.3 is 12.1 Å². The zero-order valence-corrected chi connectivity index (χ0v) is 17.3. The second-order valence-corrected chi connectivity index (χ2v) is 7.23. The lowest BCUT2D eigenvalue weighted by Crippen LogP contribution is -2.43. The lowest BCUT2D eigenvalue weighted by atomic mass is 9.98. The number of aromatic nitrogens is 2. The van der Waals surface area contributed by atoms with Crippen LogP contribution < -0.4 is 4.90 Å². The largest absolute Gasteiger partial charge is 0.490 e. The van der Waals surface area contributed by atoms with Gasteiger partial charge in [0.1, 0.15) is 11.6 Å². The van der Waals surface area contributed by atoms with E-state index >= 15 is 0 Å². The molecule has 1 unspecified atom stereocenters. The molecule has 0 radical (unpaired) electrons. The van der Waals surface area contributed by atoms with E-state index in [0.29, 0.717) is 12.5 Å². The first-order chi connectivity index (χ1) is 14.2. The van der Waals surface area contributed by atoms with Crippen LogP contribution in [-0.4, -0.2) is 85.2 Å². The Kier molecular flexibility index (Phi) is 9.25. The van der Waals surface area contributed by atoms with Crippen LogP contribution in [0, 0.1) is 5.92 Å². The second kappa shape index (κ2) is 11.4. The maximum atomic E-state index is 10.6. The predicted molar refractivity (Wildman–Crippen MR) is 103 cm³/mol. The summed E-state index contributed by atoms with van der Waals surface area (Å²) in [5.41, 5.74) is 0. The molecule has 0 amide bonds. The van der Waals surface area contributed by atoms with E-state index in [4.69, 9.17) is 24.4 Å². The lowest BCUT2D eigenvalue weighted by Gasteiger charge is -2.37. The first-order valence-electron chi connectivity index (χ1n) is 9.96. The first kappa shape index (κ1) is 24.3. The summed E-state index contributed by atoms with van der Waals surface area (Å²) in [5.74, 6) is -0.179. The number of morpholine rings is 1. The fourth-order valence-electron chi connectivity index (χ4n) is 3.25. The van der Waals surface area contributed by atoms with Crippen molar-refractivity contribution < 1.29 is 32.5 Å². The molecule has 0 saturated carbocycles. The molecule has 1 atom stereocenters. The summed E-state index contributed by atoms with van der Waals surface area (Å²) in [6.07, 6.45) is -0.905. The molecule has 1 N–H and O–H groups in total. The van der Waals surface area contributed by atoms with Crippen molar-refractivity contribution in [2.24, 2.45) is 5.92 Å². The Morgan fingerprint density at radius 1 is 1.30 bits per heavy atom. The van der Waals surface area contributed by atoms with Crippen molar-refractivity contribution in [2.75, 3.05) is 58.0 Å². The molecule has 0 aromatic carbocycles. The van der Waals surface area contributed by atoms with E-state index in [1.165, 1.54) is 0 Å². The van der Waals surface area contributed by atoms with Gasteiger partial charge in [0.05, 0.1) is 19.3 Å². The van der Waals surface area contributed by atoms with Crippen LogP contribution in [0.2, 0.25) is 0 Å². The van der Waals surface area contributed by atoms with E-state index < -0.39 is 12.1 Å². The molecule has 3 heterocycles. The van der Waals surface area contributed by atoms with Crippen LogP contribution >= 0.6 is 0 Å². The highest BCUT2D eigenvalue weighted by molar-refractivity contribution is 5.73. The lowest BCUT2D eigenvalue weighted by molar-refractivity contribution is -0.192. The fourth-order valence-corrected chi connectivity index (χ4v) is 3.25. The molecule has 2 fully saturated rings. The van der Waals surface area contributed by atoms with Crippen molar-refractivity contribution in [3.63, 3.8) is 0 Å². The van der Waals surface area contributed by atoms with Crippen LogP contribution in [0.3, 0.4) is 0 Å². The Hall–Kier alpha value is -1.98. The number of ether oxygens (including phenoxy) is 2. The zero-order chi connectivity index (χ0) is 22.1. The third kappa shape index (κ3) is 7.37. The first-order valence-corrected chi connectivity index (χ1v) is 9.96. The molecule has 0 spiro atoms. The van der Waals surface area contributed by atoms with Crippen LogP contribution in [0.1, 0.15) is 31.6 Å². The van der Waals surface area contributed by atoms with E-state index in [9.17, 15) is 13.2 Å². The van der Waals surface area contributed by atoms with E-state index in [1.54, 1.807) is 0 Å². The van der Waals surface area contributed by atoms with Crippen molar-refractivity contribution in [3.8, 4) is 0 Å². The van der Waals surface area contributed by atoms with Gasteiger partial charge < -0.3 is 19.5 Å². The highest BCUT2D eigenvalue weighted by Gasteiger charge is 2.38. The minimum atomic E-state index is -5.08. The van der Waals surface area contributed by atoms with Gasteiger partial charge in [-0.3, -0.25) is 4.90 Å². The maximum absolute atomic E-state index is 10.6. The number of rotatable bonds is 5. The third-order valence-electron chi connectivity index (χ3n) is 5.14. The van der Waals surface area contributed by atoms with Crippen LogP contribution in [0.15, 0.2) is 12.3 Å². The molecular weight excluding hydrogens is 405 g/mol. The third-order valence-corrected chi connectivity index (χ3v) is 5.14. The molecule has 8 nitrogen and oxygen atoms in total. The summed E-state index contributed by atoms with van der Waals surface area (Å²) in [4.78, 5) is 22.9. The number of alkyl halides is 3. The summed E-state index contributed by atoms with van der Waals surface area (Å²) in [6.45, 7) is 8.39. The average molecular weight is 434 g/mol. The van der Waals surface area contributed by atoms with Gasteiger partial charge in [-0.25, -0.2) is 14.8 Å². The van der Waals surface area contributed by atoms with Crippen LogP contribution in [0.5, 0.6) is 0 Å². The molecule has 1 aromatic heterocycles. The van der Waals surface area contributed by atoms with Gasteiger partial charge in [-0.15, -0.1) is 0 Å². The standard InChI is InChI=1S/C17H28N4O2.C2HF3O2/c1-3-20(2)16-4-7-18-17(19-16)15-13-23-11-8-21(15)12-14-5-9-22-10-6-14;3-2(4,5)1(6)7/h4,7,14-15H,3,5-6,8-13H2,1-2H3;(H,6,7). The van der Waals surface area contributed by atoms with Gasteiger partial charge in [0, 0.05) is 46.1 Å². The van der Waals surface area contributed by atoms with Gasteiger partial charge in [0.15, 0.2) is 0 Å². The molecule has 1 aromatic rings. The summed E-state index contributed by atoms with van der Waals surface area (Å²) >= 11 is 0. The van der Waals surface area contributed by atoms with Crippen LogP contribution in [0.25, 0.3) is 0 Å². The quantitative estimate of drug-likeness (QED) is 0.756. The Labute approximate surface area is 174 Å². The number of hydrogen-bond donors (Lipinski definition) is 1. The van der Waals surface area contributed by atoms with Crippen molar-refractivity contribution in [3.05, 3.63) is 18.1 Å². The smallest absolute Gasteiger partial charge is 0.475 e. The average Bonchev–Trinajstić information content (AvgIpc) is 2.74. The number of anilines is 1. The van der Waals surface area contributed by atoms with Crippen molar-refractivity contribution >= 4 is 11.8 Å². The van der Waals surface area contributed by atoms with E-state index in [2.05, 4.69) is 28.8 Å². The minimum Gasteiger partial charge on any atom is -0.475 e.